The topological polar surface area (TPSA) is 58.6 Å². The van der Waals surface area contributed by atoms with Crippen LogP contribution in [0.2, 0.25) is 0 Å². The van der Waals surface area contributed by atoms with Crippen molar-refractivity contribution in [1.29, 1.82) is 0 Å². The Balaban J connectivity index is 1.77. The number of halogens is 3. The molecular weight excluding hydrogens is 433 g/mol. The number of ketones is 1. The largest absolute Gasteiger partial charge is 0.573 e. The molecule has 1 unspecified atom stereocenters. The van der Waals surface area contributed by atoms with Crippen molar-refractivity contribution in [3.05, 3.63) is 52.4 Å². The standard InChI is InChI=1S/C25H29F3N2O3/c1-15-20(23(32)30-11-5-4-6-12-30)21(16-7-9-17(10-8-16)33-25(26,27)28)22-18(29-15)13-24(2,3)14-19(22)31/h7-10,21,29H,4-6,11-14H2,1-3H3. The van der Waals surface area contributed by atoms with Gasteiger partial charge < -0.3 is 15.0 Å². The number of hydrogen-bond donors (Lipinski definition) is 1. The van der Waals surface area contributed by atoms with E-state index in [4.69, 9.17) is 0 Å². The first-order valence-corrected chi connectivity index (χ1v) is 11.3. The van der Waals surface area contributed by atoms with E-state index in [1.807, 2.05) is 25.7 Å². The van der Waals surface area contributed by atoms with Crippen molar-refractivity contribution in [3.8, 4) is 5.75 Å². The maximum atomic E-state index is 13.6. The number of Topliss-reactive ketones (excluding diaryl/α,β-unsaturated/α-hetero) is 1. The Bertz CT molecular complexity index is 1020. The van der Waals surface area contributed by atoms with Crippen molar-refractivity contribution in [2.75, 3.05) is 13.1 Å². The number of benzene rings is 1. The second-order valence-corrected chi connectivity index (χ2v) is 9.90. The average Bonchev–Trinajstić information content (AvgIpc) is 2.71. The second kappa shape index (κ2) is 8.54. The van der Waals surface area contributed by atoms with Crippen LogP contribution in [-0.4, -0.2) is 36.0 Å². The van der Waals surface area contributed by atoms with Gasteiger partial charge in [-0.05, 0) is 55.7 Å². The van der Waals surface area contributed by atoms with E-state index in [1.54, 1.807) is 0 Å². The minimum atomic E-state index is -4.79. The van der Waals surface area contributed by atoms with Crippen LogP contribution in [0.5, 0.6) is 5.75 Å². The molecule has 0 spiro atoms. The van der Waals surface area contributed by atoms with Gasteiger partial charge in [-0.25, -0.2) is 0 Å². The highest BCUT2D eigenvalue weighted by Gasteiger charge is 2.43. The van der Waals surface area contributed by atoms with Crippen molar-refractivity contribution >= 4 is 11.7 Å². The third kappa shape index (κ3) is 4.94. The average molecular weight is 463 g/mol. The van der Waals surface area contributed by atoms with Gasteiger partial charge in [0.1, 0.15) is 5.75 Å². The second-order valence-electron chi connectivity index (χ2n) is 9.90. The Labute approximate surface area is 191 Å². The fourth-order valence-electron chi connectivity index (χ4n) is 5.18. The van der Waals surface area contributed by atoms with Gasteiger partial charge in [-0.15, -0.1) is 13.2 Å². The molecule has 1 aromatic rings. The van der Waals surface area contributed by atoms with Crippen LogP contribution in [0.4, 0.5) is 13.2 Å². The van der Waals surface area contributed by atoms with Gasteiger partial charge in [-0.1, -0.05) is 26.0 Å². The normalized spacial score (nSPS) is 23.3. The van der Waals surface area contributed by atoms with E-state index in [0.717, 1.165) is 25.0 Å². The van der Waals surface area contributed by atoms with Gasteiger partial charge in [0.15, 0.2) is 5.78 Å². The van der Waals surface area contributed by atoms with E-state index in [0.29, 0.717) is 48.3 Å². The van der Waals surface area contributed by atoms with Crippen molar-refractivity contribution in [3.63, 3.8) is 0 Å². The van der Waals surface area contributed by atoms with Gasteiger partial charge in [0.25, 0.3) is 5.91 Å². The van der Waals surface area contributed by atoms with E-state index >= 15 is 0 Å². The number of rotatable bonds is 3. The summed E-state index contributed by atoms with van der Waals surface area (Å²) in [6.45, 7) is 7.21. The number of alkyl halides is 3. The molecule has 2 heterocycles. The van der Waals surface area contributed by atoms with Crippen LogP contribution in [-0.2, 0) is 9.59 Å². The number of hydrogen-bond acceptors (Lipinski definition) is 4. The number of piperidine rings is 1. The summed E-state index contributed by atoms with van der Waals surface area (Å²) in [5.74, 6) is -1.12. The molecule has 0 radical (unpaired) electrons. The quantitative estimate of drug-likeness (QED) is 0.671. The van der Waals surface area contributed by atoms with Gasteiger partial charge in [0.05, 0.1) is 0 Å². The first-order chi connectivity index (χ1) is 15.5. The molecule has 5 nitrogen and oxygen atoms in total. The molecule has 0 bridgehead atoms. The molecule has 33 heavy (non-hydrogen) atoms. The molecule has 178 valence electrons. The minimum Gasteiger partial charge on any atom is -0.406 e. The lowest BCUT2D eigenvalue weighted by Crippen LogP contribution is -2.43. The Morgan fingerprint density at radius 1 is 1.09 bits per heavy atom. The Morgan fingerprint density at radius 3 is 2.33 bits per heavy atom. The first-order valence-electron chi connectivity index (χ1n) is 11.3. The maximum Gasteiger partial charge on any atom is 0.573 e. The van der Waals surface area contributed by atoms with E-state index in [-0.39, 0.29) is 22.9 Å². The van der Waals surface area contributed by atoms with Crippen molar-refractivity contribution < 1.29 is 27.5 Å². The van der Waals surface area contributed by atoms with Gasteiger partial charge in [0.2, 0.25) is 0 Å². The Hall–Kier alpha value is -2.77. The monoisotopic (exact) mass is 462 g/mol. The molecule has 4 rings (SSSR count). The number of allylic oxidation sites excluding steroid dienone is 3. The highest BCUT2D eigenvalue weighted by molar-refractivity contribution is 6.05. The summed E-state index contributed by atoms with van der Waals surface area (Å²) in [7, 11) is 0. The SMILES string of the molecule is CC1=C(C(=O)N2CCCCC2)C(c2ccc(OC(F)(F)F)cc2)C2=C(CC(C)(C)CC2=O)N1. The molecule has 0 saturated carbocycles. The number of likely N-dealkylation sites (tertiary alicyclic amines) is 1. The van der Waals surface area contributed by atoms with Gasteiger partial charge in [-0.3, -0.25) is 9.59 Å². The van der Waals surface area contributed by atoms with E-state index < -0.39 is 12.3 Å². The zero-order valence-electron chi connectivity index (χ0n) is 19.1. The number of amides is 1. The number of carbonyl (C=O) groups excluding carboxylic acids is 2. The first kappa shape index (κ1) is 23.4. The summed E-state index contributed by atoms with van der Waals surface area (Å²) < 4.78 is 41.9. The fraction of sp³-hybridized carbons (Fsp3) is 0.520. The Kier molecular flexibility index (Phi) is 6.05. The van der Waals surface area contributed by atoms with Crippen molar-refractivity contribution in [2.24, 2.45) is 5.41 Å². The zero-order valence-corrected chi connectivity index (χ0v) is 19.1. The highest BCUT2D eigenvalue weighted by Crippen LogP contribution is 2.47. The lowest BCUT2D eigenvalue weighted by Gasteiger charge is -2.41. The van der Waals surface area contributed by atoms with E-state index in [9.17, 15) is 22.8 Å². The van der Waals surface area contributed by atoms with Crippen LogP contribution in [0, 0.1) is 5.41 Å². The smallest absolute Gasteiger partial charge is 0.406 e. The number of nitrogens with one attached hydrogen (secondary N) is 1. The van der Waals surface area contributed by atoms with Crippen LogP contribution in [0.3, 0.4) is 0 Å². The van der Waals surface area contributed by atoms with Crippen LogP contribution in [0.15, 0.2) is 46.8 Å². The maximum absolute atomic E-state index is 13.6. The third-order valence-electron chi connectivity index (χ3n) is 6.56. The van der Waals surface area contributed by atoms with Crippen LogP contribution in [0.25, 0.3) is 0 Å². The number of carbonyl (C=O) groups is 2. The molecule has 1 aliphatic carbocycles. The van der Waals surface area contributed by atoms with Gasteiger partial charge in [0, 0.05) is 48.0 Å². The minimum absolute atomic E-state index is 0.0363. The van der Waals surface area contributed by atoms with Crippen LogP contribution in [0.1, 0.15) is 64.4 Å². The summed E-state index contributed by atoms with van der Waals surface area (Å²) in [4.78, 5) is 28.8. The molecule has 2 aliphatic heterocycles. The van der Waals surface area contributed by atoms with Crippen molar-refractivity contribution in [2.45, 2.75) is 65.2 Å². The number of nitrogens with zero attached hydrogens (tertiary/aromatic N) is 1. The van der Waals surface area contributed by atoms with E-state index in [2.05, 4.69) is 10.1 Å². The molecule has 1 saturated heterocycles. The summed E-state index contributed by atoms with van der Waals surface area (Å²) >= 11 is 0. The molecule has 1 amide bonds. The van der Waals surface area contributed by atoms with Gasteiger partial charge >= 0.3 is 6.36 Å². The summed E-state index contributed by atoms with van der Waals surface area (Å²) in [5, 5.41) is 3.33. The Morgan fingerprint density at radius 2 is 1.73 bits per heavy atom. The molecule has 1 N–H and O–H groups in total. The molecule has 1 aromatic carbocycles. The molecule has 8 heteroatoms. The summed E-state index contributed by atoms with van der Waals surface area (Å²) in [5.41, 5.74) is 2.91. The fourth-order valence-corrected chi connectivity index (χ4v) is 5.18. The third-order valence-corrected chi connectivity index (χ3v) is 6.56. The molecule has 1 fully saturated rings. The predicted octanol–water partition coefficient (Wildman–Crippen LogP) is 5.20. The molecule has 1 atom stereocenters. The lowest BCUT2D eigenvalue weighted by molar-refractivity contribution is -0.274. The van der Waals surface area contributed by atoms with Crippen LogP contribution < -0.4 is 10.1 Å². The number of dihydropyridines is 1. The lowest BCUT2D eigenvalue weighted by atomic mass is 9.68. The number of ether oxygens (including phenoxy) is 1. The summed E-state index contributed by atoms with van der Waals surface area (Å²) in [6.07, 6.45) is -0.844. The molecule has 3 aliphatic rings. The van der Waals surface area contributed by atoms with E-state index in [1.165, 1.54) is 24.3 Å². The highest BCUT2D eigenvalue weighted by atomic mass is 19.4. The zero-order chi connectivity index (χ0) is 24.0. The van der Waals surface area contributed by atoms with Crippen LogP contribution >= 0.6 is 0 Å². The molecule has 0 aromatic heterocycles. The van der Waals surface area contributed by atoms with Crippen molar-refractivity contribution in [1.82, 2.24) is 10.2 Å². The predicted molar refractivity (Wildman–Crippen MR) is 117 cm³/mol. The summed E-state index contributed by atoms with van der Waals surface area (Å²) in [6, 6.07) is 5.51. The van der Waals surface area contributed by atoms with Gasteiger partial charge in [-0.2, -0.15) is 0 Å². The molecular formula is C25H29F3N2O3.